The standard InChI is InChI=1S/C14H9BrN2O/c15-12-3-1-11(2-4-12)14-17-13(9-18-14)10-5-7-16-8-6-10/h1-9H. The molecule has 3 nitrogen and oxygen atoms in total. The fourth-order valence-electron chi connectivity index (χ4n) is 1.65. The summed E-state index contributed by atoms with van der Waals surface area (Å²) < 4.78 is 6.53. The summed E-state index contributed by atoms with van der Waals surface area (Å²) in [4.78, 5) is 8.45. The predicted molar refractivity (Wildman–Crippen MR) is 72.9 cm³/mol. The minimum atomic E-state index is 0.620. The van der Waals surface area contributed by atoms with E-state index in [0.717, 1.165) is 21.3 Å². The molecule has 0 amide bonds. The van der Waals surface area contributed by atoms with Gasteiger partial charge in [-0.15, -0.1) is 0 Å². The highest BCUT2D eigenvalue weighted by Crippen LogP contribution is 2.25. The molecule has 0 saturated heterocycles. The van der Waals surface area contributed by atoms with E-state index in [1.807, 2.05) is 36.4 Å². The molecule has 0 fully saturated rings. The van der Waals surface area contributed by atoms with Gasteiger partial charge in [0, 0.05) is 28.0 Å². The normalized spacial score (nSPS) is 10.5. The van der Waals surface area contributed by atoms with Crippen LogP contribution in [0.3, 0.4) is 0 Å². The SMILES string of the molecule is Brc1ccc(-c2nc(-c3ccncc3)co2)cc1. The summed E-state index contributed by atoms with van der Waals surface area (Å²) in [5, 5.41) is 0. The summed E-state index contributed by atoms with van der Waals surface area (Å²) in [5.41, 5.74) is 2.77. The van der Waals surface area contributed by atoms with Crippen LogP contribution in [-0.2, 0) is 0 Å². The molecule has 0 N–H and O–H groups in total. The van der Waals surface area contributed by atoms with Crippen molar-refractivity contribution in [3.05, 3.63) is 59.5 Å². The molecule has 88 valence electrons. The second-order valence-corrected chi connectivity index (χ2v) is 4.70. The lowest BCUT2D eigenvalue weighted by atomic mass is 10.2. The van der Waals surface area contributed by atoms with E-state index in [1.54, 1.807) is 18.7 Å². The van der Waals surface area contributed by atoms with Gasteiger partial charge in [0.25, 0.3) is 0 Å². The molecule has 3 rings (SSSR count). The molecular formula is C14H9BrN2O. The van der Waals surface area contributed by atoms with Crippen molar-refractivity contribution in [2.24, 2.45) is 0 Å². The van der Waals surface area contributed by atoms with Crippen LogP contribution in [0.4, 0.5) is 0 Å². The quantitative estimate of drug-likeness (QED) is 0.713. The van der Waals surface area contributed by atoms with Gasteiger partial charge in [-0.1, -0.05) is 15.9 Å². The van der Waals surface area contributed by atoms with Gasteiger partial charge in [0.1, 0.15) is 12.0 Å². The first kappa shape index (κ1) is 11.2. The van der Waals surface area contributed by atoms with Crippen molar-refractivity contribution in [1.82, 2.24) is 9.97 Å². The first-order chi connectivity index (χ1) is 8.83. The van der Waals surface area contributed by atoms with Gasteiger partial charge in [0.2, 0.25) is 5.89 Å². The Balaban J connectivity index is 1.97. The molecule has 0 aliphatic rings. The summed E-state index contributed by atoms with van der Waals surface area (Å²) in [7, 11) is 0. The highest BCUT2D eigenvalue weighted by atomic mass is 79.9. The number of benzene rings is 1. The molecule has 0 unspecified atom stereocenters. The predicted octanol–water partition coefficient (Wildman–Crippen LogP) is 4.17. The van der Waals surface area contributed by atoms with E-state index < -0.39 is 0 Å². The third-order valence-electron chi connectivity index (χ3n) is 2.57. The fourth-order valence-corrected chi connectivity index (χ4v) is 1.92. The van der Waals surface area contributed by atoms with Crippen molar-refractivity contribution in [2.45, 2.75) is 0 Å². The van der Waals surface area contributed by atoms with Crippen molar-refractivity contribution >= 4 is 15.9 Å². The van der Waals surface area contributed by atoms with E-state index >= 15 is 0 Å². The summed E-state index contributed by atoms with van der Waals surface area (Å²) in [6.07, 6.45) is 5.14. The van der Waals surface area contributed by atoms with Crippen LogP contribution in [-0.4, -0.2) is 9.97 Å². The van der Waals surface area contributed by atoms with Crippen LogP contribution in [0.15, 0.2) is 63.9 Å². The molecule has 0 aliphatic carbocycles. The molecule has 0 aliphatic heterocycles. The van der Waals surface area contributed by atoms with Crippen molar-refractivity contribution in [2.75, 3.05) is 0 Å². The van der Waals surface area contributed by atoms with Gasteiger partial charge in [-0.25, -0.2) is 4.98 Å². The lowest BCUT2D eigenvalue weighted by molar-refractivity contribution is 0.575. The van der Waals surface area contributed by atoms with Gasteiger partial charge >= 0.3 is 0 Å². The Labute approximate surface area is 113 Å². The van der Waals surface area contributed by atoms with Crippen molar-refractivity contribution in [3.63, 3.8) is 0 Å². The molecule has 2 aromatic heterocycles. The number of halogens is 1. The monoisotopic (exact) mass is 300 g/mol. The Morgan fingerprint density at radius 2 is 1.61 bits per heavy atom. The van der Waals surface area contributed by atoms with Crippen LogP contribution in [0, 0.1) is 0 Å². The molecular weight excluding hydrogens is 292 g/mol. The van der Waals surface area contributed by atoms with Crippen LogP contribution in [0.25, 0.3) is 22.7 Å². The van der Waals surface area contributed by atoms with Crippen LogP contribution >= 0.6 is 15.9 Å². The molecule has 0 atom stereocenters. The highest BCUT2D eigenvalue weighted by molar-refractivity contribution is 9.10. The number of oxazole rings is 1. The zero-order valence-corrected chi connectivity index (χ0v) is 11.0. The molecule has 18 heavy (non-hydrogen) atoms. The zero-order chi connectivity index (χ0) is 12.4. The van der Waals surface area contributed by atoms with Gasteiger partial charge in [-0.2, -0.15) is 0 Å². The molecule has 4 heteroatoms. The van der Waals surface area contributed by atoms with Gasteiger partial charge in [0.15, 0.2) is 0 Å². The average molecular weight is 301 g/mol. The Bertz CT molecular complexity index is 647. The van der Waals surface area contributed by atoms with E-state index in [4.69, 9.17) is 4.42 Å². The van der Waals surface area contributed by atoms with E-state index in [2.05, 4.69) is 25.9 Å². The minimum absolute atomic E-state index is 0.620. The second kappa shape index (κ2) is 4.74. The van der Waals surface area contributed by atoms with Crippen molar-refractivity contribution in [1.29, 1.82) is 0 Å². The Hall–Kier alpha value is -1.94. The van der Waals surface area contributed by atoms with Crippen LogP contribution in [0.5, 0.6) is 0 Å². The molecule has 1 aromatic carbocycles. The van der Waals surface area contributed by atoms with E-state index in [9.17, 15) is 0 Å². The van der Waals surface area contributed by atoms with Crippen LogP contribution in [0.2, 0.25) is 0 Å². The number of hydrogen-bond acceptors (Lipinski definition) is 3. The molecule has 0 saturated carbocycles. The Kier molecular flexibility index (Phi) is 2.94. The molecule has 3 aromatic rings. The summed E-state index contributed by atoms with van der Waals surface area (Å²) in [5.74, 6) is 0.620. The topological polar surface area (TPSA) is 38.9 Å². The number of pyridine rings is 1. The van der Waals surface area contributed by atoms with Gasteiger partial charge in [-0.3, -0.25) is 4.98 Å². The first-order valence-electron chi connectivity index (χ1n) is 5.45. The molecule has 0 bridgehead atoms. The van der Waals surface area contributed by atoms with Gasteiger partial charge in [-0.05, 0) is 36.4 Å². The third kappa shape index (κ3) is 2.19. The summed E-state index contributed by atoms with van der Waals surface area (Å²) in [6, 6.07) is 11.7. The maximum Gasteiger partial charge on any atom is 0.226 e. The Morgan fingerprint density at radius 1 is 0.889 bits per heavy atom. The molecule has 2 heterocycles. The first-order valence-corrected chi connectivity index (χ1v) is 6.24. The van der Waals surface area contributed by atoms with Crippen LogP contribution < -0.4 is 0 Å². The van der Waals surface area contributed by atoms with Crippen molar-refractivity contribution < 1.29 is 4.42 Å². The summed E-state index contributed by atoms with van der Waals surface area (Å²) >= 11 is 3.40. The number of aromatic nitrogens is 2. The average Bonchev–Trinajstić information content (AvgIpc) is 2.90. The highest BCUT2D eigenvalue weighted by Gasteiger charge is 2.07. The number of nitrogens with zero attached hydrogens (tertiary/aromatic N) is 2. The Morgan fingerprint density at radius 3 is 2.33 bits per heavy atom. The third-order valence-corrected chi connectivity index (χ3v) is 3.10. The minimum Gasteiger partial charge on any atom is -0.444 e. The van der Waals surface area contributed by atoms with E-state index in [1.165, 1.54) is 0 Å². The number of rotatable bonds is 2. The molecule has 0 radical (unpaired) electrons. The van der Waals surface area contributed by atoms with Crippen LogP contribution in [0.1, 0.15) is 0 Å². The largest absolute Gasteiger partial charge is 0.444 e. The fraction of sp³-hybridized carbons (Fsp3) is 0. The van der Waals surface area contributed by atoms with E-state index in [0.29, 0.717) is 5.89 Å². The zero-order valence-electron chi connectivity index (χ0n) is 9.38. The number of hydrogen-bond donors (Lipinski definition) is 0. The smallest absolute Gasteiger partial charge is 0.226 e. The van der Waals surface area contributed by atoms with Gasteiger partial charge < -0.3 is 4.42 Å². The lowest BCUT2D eigenvalue weighted by Gasteiger charge is -1.95. The maximum atomic E-state index is 5.50. The lowest BCUT2D eigenvalue weighted by Crippen LogP contribution is -1.80. The maximum absolute atomic E-state index is 5.50. The van der Waals surface area contributed by atoms with E-state index in [-0.39, 0.29) is 0 Å². The molecule has 0 spiro atoms. The van der Waals surface area contributed by atoms with Gasteiger partial charge in [0.05, 0.1) is 0 Å². The second-order valence-electron chi connectivity index (χ2n) is 3.78. The van der Waals surface area contributed by atoms with Crippen molar-refractivity contribution in [3.8, 4) is 22.7 Å². The summed E-state index contributed by atoms with van der Waals surface area (Å²) in [6.45, 7) is 0.